The van der Waals surface area contributed by atoms with Gasteiger partial charge in [-0.25, -0.2) is 17.5 Å². The molecule has 8 heteroatoms. The highest BCUT2D eigenvalue weighted by atomic mass is 32.2. The van der Waals surface area contributed by atoms with Crippen LogP contribution in [-0.2, 0) is 30.0 Å². The molecule has 0 amide bonds. The van der Waals surface area contributed by atoms with Gasteiger partial charge >= 0.3 is 0 Å². The van der Waals surface area contributed by atoms with Crippen molar-refractivity contribution in [3.63, 3.8) is 0 Å². The number of rotatable bonds is 6. The predicted octanol–water partition coefficient (Wildman–Crippen LogP) is 0.539. The molecule has 0 aliphatic rings. The van der Waals surface area contributed by atoms with Gasteiger partial charge in [0.05, 0.1) is 4.90 Å². The first kappa shape index (κ1) is 15.6. The predicted molar refractivity (Wildman–Crippen MR) is 76.4 cm³/mol. The van der Waals surface area contributed by atoms with Crippen LogP contribution in [-0.4, -0.2) is 24.7 Å². The van der Waals surface area contributed by atoms with E-state index in [0.29, 0.717) is 6.42 Å². The molecule has 0 saturated heterocycles. The zero-order valence-corrected chi connectivity index (χ0v) is 12.4. The molecule has 21 heavy (non-hydrogen) atoms. The fraction of sp³-hybridized carbons (Fsp3) is 0.308. The number of benzene rings is 1. The number of hydrogen-bond donors (Lipinski definition) is 2. The quantitative estimate of drug-likeness (QED) is 0.814. The third-order valence-corrected chi connectivity index (χ3v) is 4.71. The van der Waals surface area contributed by atoms with Crippen LogP contribution in [0.1, 0.15) is 11.3 Å². The number of aryl methyl sites for hydroxylation is 1. The van der Waals surface area contributed by atoms with E-state index in [2.05, 4.69) is 9.82 Å². The van der Waals surface area contributed by atoms with Gasteiger partial charge in [0.25, 0.3) is 0 Å². The standard InChI is InChI=1S/C13H17FN4O2S/c1-18-10(5-7-16-18)6-8-17-21(19,20)13-4-2-3-12(14)11(13)9-15/h2-5,7,17H,6,8-9,15H2,1H3. The van der Waals surface area contributed by atoms with Gasteiger partial charge < -0.3 is 5.73 Å². The second-order valence-electron chi connectivity index (χ2n) is 4.51. The van der Waals surface area contributed by atoms with Crippen LogP contribution < -0.4 is 10.5 Å². The molecule has 0 saturated carbocycles. The van der Waals surface area contributed by atoms with Crippen LogP contribution in [0.5, 0.6) is 0 Å². The Bertz CT molecular complexity index is 728. The van der Waals surface area contributed by atoms with Gasteiger partial charge in [-0.3, -0.25) is 4.68 Å². The molecule has 0 fully saturated rings. The number of nitrogens with one attached hydrogen (secondary N) is 1. The Hall–Kier alpha value is -1.77. The summed E-state index contributed by atoms with van der Waals surface area (Å²) in [5, 5.41) is 4.00. The van der Waals surface area contributed by atoms with E-state index in [4.69, 9.17) is 5.73 Å². The lowest BCUT2D eigenvalue weighted by molar-refractivity contribution is 0.570. The number of aromatic nitrogens is 2. The molecule has 0 atom stereocenters. The zero-order chi connectivity index (χ0) is 15.5. The van der Waals surface area contributed by atoms with Crippen LogP contribution >= 0.6 is 0 Å². The van der Waals surface area contributed by atoms with Crippen molar-refractivity contribution in [2.75, 3.05) is 6.54 Å². The molecular weight excluding hydrogens is 295 g/mol. The van der Waals surface area contributed by atoms with E-state index in [1.165, 1.54) is 18.2 Å². The summed E-state index contributed by atoms with van der Waals surface area (Å²) in [5.41, 5.74) is 6.32. The molecule has 1 aromatic carbocycles. The third kappa shape index (κ3) is 3.46. The van der Waals surface area contributed by atoms with Crippen LogP contribution in [0.3, 0.4) is 0 Å². The number of hydrogen-bond acceptors (Lipinski definition) is 4. The van der Waals surface area contributed by atoms with Gasteiger partial charge in [0, 0.05) is 44.0 Å². The summed E-state index contributed by atoms with van der Waals surface area (Å²) in [7, 11) is -2.01. The molecule has 1 aromatic heterocycles. The summed E-state index contributed by atoms with van der Waals surface area (Å²) in [5.74, 6) is -0.619. The summed E-state index contributed by atoms with van der Waals surface area (Å²) in [6.45, 7) is 0.0209. The van der Waals surface area contributed by atoms with Crippen molar-refractivity contribution >= 4 is 10.0 Å². The minimum Gasteiger partial charge on any atom is -0.326 e. The number of sulfonamides is 1. The van der Waals surface area contributed by atoms with Gasteiger partial charge in [0.2, 0.25) is 10.0 Å². The van der Waals surface area contributed by atoms with Crippen molar-refractivity contribution in [3.05, 3.63) is 47.5 Å². The number of nitrogens with zero attached hydrogens (tertiary/aromatic N) is 2. The Morgan fingerprint density at radius 3 is 2.76 bits per heavy atom. The molecule has 114 valence electrons. The van der Waals surface area contributed by atoms with Crippen LogP contribution in [0.4, 0.5) is 4.39 Å². The molecule has 0 aliphatic heterocycles. The van der Waals surface area contributed by atoms with Crippen LogP contribution in [0, 0.1) is 5.82 Å². The van der Waals surface area contributed by atoms with Crippen molar-refractivity contribution in [2.45, 2.75) is 17.9 Å². The smallest absolute Gasteiger partial charge is 0.241 e. The third-order valence-electron chi connectivity index (χ3n) is 3.17. The maximum atomic E-state index is 13.6. The molecule has 0 unspecified atom stereocenters. The van der Waals surface area contributed by atoms with Crippen LogP contribution in [0.25, 0.3) is 0 Å². The topological polar surface area (TPSA) is 90.0 Å². The SMILES string of the molecule is Cn1nccc1CCNS(=O)(=O)c1cccc(F)c1CN. The minimum absolute atomic E-state index is 0.00877. The van der Waals surface area contributed by atoms with Gasteiger partial charge in [-0.15, -0.1) is 0 Å². The van der Waals surface area contributed by atoms with E-state index >= 15 is 0 Å². The molecular formula is C13H17FN4O2S. The lowest BCUT2D eigenvalue weighted by atomic mass is 10.2. The van der Waals surface area contributed by atoms with E-state index in [9.17, 15) is 12.8 Å². The maximum Gasteiger partial charge on any atom is 0.241 e. The van der Waals surface area contributed by atoms with E-state index in [0.717, 1.165) is 5.69 Å². The van der Waals surface area contributed by atoms with E-state index < -0.39 is 15.8 Å². The molecule has 6 nitrogen and oxygen atoms in total. The Morgan fingerprint density at radius 2 is 2.14 bits per heavy atom. The lowest BCUT2D eigenvalue weighted by Crippen LogP contribution is -2.28. The Kier molecular flexibility index (Phi) is 4.71. The highest BCUT2D eigenvalue weighted by molar-refractivity contribution is 7.89. The summed E-state index contributed by atoms with van der Waals surface area (Å²) in [6.07, 6.45) is 2.13. The molecule has 1 heterocycles. The summed E-state index contributed by atoms with van der Waals surface area (Å²) < 4.78 is 42.2. The van der Waals surface area contributed by atoms with Gasteiger partial charge in [-0.2, -0.15) is 5.10 Å². The number of halogens is 1. The monoisotopic (exact) mass is 312 g/mol. The molecule has 0 bridgehead atoms. The molecule has 0 aliphatic carbocycles. The van der Waals surface area contributed by atoms with Crippen LogP contribution in [0.15, 0.2) is 35.4 Å². The Morgan fingerprint density at radius 1 is 1.38 bits per heavy atom. The van der Waals surface area contributed by atoms with Gasteiger partial charge in [-0.1, -0.05) is 6.07 Å². The fourth-order valence-corrected chi connectivity index (χ4v) is 3.32. The van der Waals surface area contributed by atoms with E-state index in [-0.39, 0.29) is 23.5 Å². The summed E-state index contributed by atoms with van der Waals surface area (Å²) >= 11 is 0. The highest BCUT2D eigenvalue weighted by Gasteiger charge is 2.19. The van der Waals surface area contributed by atoms with E-state index in [1.54, 1.807) is 17.9 Å². The first-order valence-electron chi connectivity index (χ1n) is 6.39. The fourth-order valence-electron chi connectivity index (χ4n) is 2.03. The second-order valence-corrected chi connectivity index (χ2v) is 6.25. The molecule has 2 rings (SSSR count). The van der Waals surface area contributed by atoms with Crippen molar-refractivity contribution in [1.29, 1.82) is 0 Å². The van der Waals surface area contributed by atoms with Gasteiger partial charge in [0.1, 0.15) is 5.82 Å². The first-order chi connectivity index (χ1) is 9.95. The summed E-state index contributed by atoms with van der Waals surface area (Å²) in [4.78, 5) is -0.116. The minimum atomic E-state index is -3.79. The molecule has 0 radical (unpaired) electrons. The van der Waals surface area contributed by atoms with Crippen molar-refractivity contribution in [3.8, 4) is 0 Å². The van der Waals surface area contributed by atoms with Gasteiger partial charge in [-0.05, 0) is 18.2 Å². The maximum absolute atomic E-state index is 13.6. The molecule has 3 N–H and O–H groups in total. The Labute approximate surface area is 122 Å². The molecule has 2 aromatic rings. The van der Waals surface area contributed by atoms with Crippen molar-refractivity contribution < 1.29 is 12.8 Å². The van der Waals surface area contributed by atoms with Crippen molar-refractivity contribution in [1.82, 2.24) is 14.5 Å². The number of nitrogens with two attached hydrogens (primary N) is 1. The van der Waals surface area contributed by atoms with E-state index in [1.807, 2.05) is 6.07 Å². The normalized spacial score (nSPS) is 11.8. The second kappa shape index (κ2) is 6.33. The summed E-state index contributed by atoms with van der Waals surface area (Å²) in [6, 6.07) is 5.69. The molecule has 0 spiro atoms. The zero-order valence-electron chi connectivity index (χ0n) is 11.6. The lowest BCUT2D eigenvalue weighted by Gasteiger charge is -2.11. The van der Waals surface area contributed by atoms with Crippen molar-refractivity contribution in [2.24, 2.45) is 12.8 Å². The largest absolute Gasteiger partial charge is 0.326 e. The van der Waals surface area contributed by atoms with Crippen LogP contribution in [0.2, 0.25) is 0 Å². The Balaban J connectivity index is 2.12. The van der Waals surface area contributed by atoms with Gasteiger partial charge in [0.15, 0.2) is 0 Å². The average molecular weight is 312 g/mol. The highest BCUT2D eigenvalue weighted by Crippen LogP contribution is 2.18. The first-order valence-corrected chi connectivity index (χ1v) is 7.88. The average Bonchev–Trinajstić information content (AvgIpc) is 2.84.